The molecule has 0 amide bonds. The molecule has 2 rings (SSSR count). The average molecular weight is 368 g/mol. The number of halogens is 1. The third-order valence-electron chi connectivity index (χ3n) is 3.49. The largest absolute Gasteiger partial charge is 0.493 e. The molecule has 0 fully saturated rings. The average Bonchev–Trinajstić information content (AvgIpc) is 2.68. The van der Waals surface area contributed by atoms with Crippen molar-refractivity contribution in [2.24, 2.45) is 0 Å². The van der Waals surface area contributed by atoms with E-state index < -0.39 is 0 Å². The molecule has 7 heteroatoms. The molecule has 1 N–H and O–H groups in total. The Hall–Kier alpha value is -3.48. The monoisotopic (exact) mass is 367 g/mol. The van der Waals surface area contributed by atoms with E-state index in [1.54, 1.807) is 42.5 Å². The summed E-state index contributed by atoms with van der Waals surface area (Å²) in [5.41, 5.74) is 0.946. The summed E-state index contributed by atoms with van der Waals surface area (Å²) in [4.78, 5) is 12.9. The van der Waals surface area contributed by atoms with Crippen LogP contribution < -0.4 is 14.8 Å². The molecule has 0 heterocycles. The third kappa shape index (κ3) is 4.13. The minimum atomic E-state index is -0.283. The number of rotatable bonds is 6. The van der Waals surface area contributed by atoms with Gasteiger partial charge in [0, 0.05) is 28.4 Å². The number of methoxy groups -OCH3 is 2. The van der Waals surface area contributed by atoms with E-state index in [0.29, 0.717) is 27.8 Å². The van der Waals surface area contributed by atoms with Gasteiger partial charge in [0.15, 0.2) is 17.3 Å². The Bertz CT molecular complexity index is 922. The third-order valence-corrected chi connectivity index (χ3v) is 3.74. The van der Waals surface area contributed by atoms with Crippen molar-refractivity contribution in [3.8, 4) is 23.6 Å². The van der Waals surface area contributed by atoms with E-state index in [-0.39, 0.29) is 16.9 Å². The van der Waals surface area contributed by atoms with Gasteiger partial charge in [0.05, 0.1) is 19.9 Å². The summed E-state index contributed by atoms with van der Waals surface area (Å²) in [6.45, 7) is 0. The number of nitriles is 2. The van der Waals surface area contributed by atoms with E-state index >= 15 is 0 Å². The number of ether oxygens (including phenoxy) is 2. The quantitative estimate of drug-likeness (QED) is 0.614. The molecular formula is C19H14ClN3O3. The number of hydrogen-bond acceptors (Lipinski definition) is 6. The maximum atomic E-state index is 12.9. The molecular weight excluding hydrogens is 354 g/mol. The number of nitrogens with zero attached hydrogens (tertiary/aromatic N) is 2. The van der Waals surface area contributed by atoms with Crippen LogP contribution >= 0.6 is 11.6 Å². The van der Waals surface area contributed by atoms with Crippen molar-refractivity contribution in [2.75, 3.05) is 19.5 Å². The van der Waals surface area contributed by atoms with Gasteiger partial charge in [-0.05, 0) is 30.3 Å². The van der Waals surface area contributed by atoms with Crippen LogP contribution in [0.25, 0.3) is 0 Å². The summed E-state index contributed by atoms with van der Waals surface area (Å²) in [5, 5.41) is 21.1. The van der Waals surface area contributed by atoms with Crippen LogP contribution in [-0.4, -0.2) is 20.0 Å². The Labute approximate surface area is 155 Å². The van der Waals surface area contributed by atoms with Gasteiger partial charge in [-0.2, -0.15) is 10.5 Å². The van der Waals surface area contributed by atoms with Crippen LogP contribution in [0.4, 0.5) is 5.69 Å². The molecule has 0 spiro atoms. The number of carbonyl (C=O) groups excluding carboxylic acids is 1. The molecule has 130 valence electrons. The van der Waals surface area contributed by atoms with Crippen molar-refractivity contribution in [3.63, 3.8) is 0 Å². The van der Waals surface area contributed by atoms with Crippen molar-refractivity contribution < 1.29 is 14.3 Å². The zero-order valence-electron chi connectivity index (χ0n) is 14.0. The van der Waals surface area contributed by atoms with Crippen LogP contribution in [-0.2, 0) is 0 Å². The van der Waals surface area contributed by atoms with E-state index in [1.165, 1.54) is 26.5 Å². The van der Waals surface area contributed by atoms with Gasteiger partial charge < -0.3 is 14.8 Å². The van der Waals surface area contributed by atoms with Gasteiger partial charge in [-0.15, -0.1) is 0 Å². The van der Waals surface area contributed by atoms with Crippen LogP contribution in [0.15, 0.2) is 48.2 Å². The summed E-state index contributed by atoms with van der Waals surface area (Å²) in [6, 6.07) is 13.0. The van der Waals surface area contributed by atoms with Gasteiger partial charge >= 0.3 is 0 Å². The van der Waals surface area contributed by atoms with Crippen molar-refractivity contribution >= 4 is 23.1 Å². The molecule has 0 radical (unpaired) electrons. The second-order valence-corrected chi connectivity index (χ2v) is 5.45. The van der Waals surface area contributed by atoms with Gasteiger partial charge in [-0.3, -0.25) is 4.79 Å². The van der Waals surface area contributed by atoms with Gasteiger partial charge in [-0.1, -0.05) is 11.6 Å². The zero-order valence-corrected chi connectivity index (χ0v) is 14.8. The van der Waals surface area contributed by atoms with Crippen LogP contribution in [0, 0.1) is 22.7 Å². The molecule has 0 aromatic heterocycles. The van der Waals surface area contributed by atoms with Crippen molar-refractivity contribution in [1.29, 1.82) is 10.5 Å². The lowest BCUT2D eigenvalue weighted by molar-refractivity contribution is 0.103. The van der Waals surface area contributed by atoms with E-state index in [9.17, 15) is 4.79 Å². The van der Waals surface area contributed by atoms with Gasteiger partial charge in [0.1, 0.15) is 17.7 Å². The Morgan fingerprint density at radius 2 is 1.65 bits per heavy atom. The first kappa shape index (κ1) is 18.9. The van der Waals surface area contributed by atoms with Crippen molar-refractivity contribution in [1.82, 2.24) is 0 Å². The minimum Gasteiger partial charge on any atom is -0.493 e. The highest BCUT2D eigenvalue weighted by molar-refractivity contribution is 6.30. The molecule has 0 aliphatic rings. The normalized spacial score (nSPS) is 9.42. The van der Waals surface area contributed by atoms with Crippen molar-refractivity contribution in [2.45, 2.75) is 0 Å². The fraction of sp³-hybridized carbons (Fsp3) is 0.105. The maximum absolute atomic E-state index is 12.9. The molecule has 0 saturated heterocycles. The highest BCUT2D eigenvalue weighted by atomic mass is 35.5. The Balaban J connectivity index is 2.56. The Kier molecular flexibility index (Phi) is 6.21. The summed E-state index contributed by atoms with van der Waals surface area (Å²) in [5.74, 6) is 0.487. The number of ketones is 1. The Morgan fingerprint density at radius 1 is 1.08 bits per heavy atom. The lowest BCUT2D eigenvalue weighted by atomic mass is 10.0. The van der Waals surface area contributed by atoms with E-state index in [0.717, 1.165) is 0 Å². The topological polar surface area (TPSA) is 95.1 Å². The standard InChI is InChI=1S/C19H14ClN3O3/c1-25-17-7-15(19(24)13-3-5-14(20)6-4-13)16(8-18(17)26-2)23-11-12(9-21)10-22/h3-8,11,23H,1-2H3. The predicted molar refractivity (Wildman–Crippen MR) is 97.4 cm³/mol. The molecule has 0 aliphatic heterocycles. The van der Waals surface area contributed by atoms with E-state index in [2.05, 4.69) is 5.32 Å². The first-order valence-electron chi connectivity index (χ1n) is 7.37. The summed E-state index contributed by atoms with van der Waals surface area (Å²) in [6.07, 6.45) is 1.22. The van der Waals surface area contributed by atoms with Gasteiger partial charge in [-0.25, -0.2) is 0 Å². The Morgan fingerprint density at radius 3 is 2.19 bits per heavy atom. The van der Waals surface area contributed by atoms with Gasteiger partial charge in [0.2, 0.25) is 0 Å². The first-order valence-corrected chi connectivity index (χ1v) is 7.75. The summed E-state index contributed by atoms with van der Waals surface area (Å²) < 4.78 is 10.5. The molecule has 0 atom stereocenters. The summed E-state index contributed by atoms with van der Waals surface area (Å²) >= 11 is 5.87. The fourth-order valence-corrected chi connectivity index (χ4v) is 2.31. The highest BCUT2D eigenvalue weighted by Crippen LogP contribution is 2.34. The fourth-order valence-electron chi connectivity index (χ4n) is 2.18. The predicted octanol–water partition coefficient (Wildman–Crippen LogP) is 3.93. The zero-order chi connectivity index (χ0) is 19.1. The number of allylic oxidation sites excluding steroid dienone is 1. The first-order chi connectivity index (χ1) is 12.5. The number of carbonyl (C=O) groups is 1. The molecule has 2 aromatic carbocycles. The van der Waals surface area contributed by atoms with E-state index in [4.69, 9.17) is 31.6 Å². The lowest BCUT2D eigenvalue weighted by Crippen LogP contribution is -2.07. The molecule has 2 aromatic rings. The van der Waals surface area contributed by atoms with Crippen LogP contribution in [0.1, 0.15) is 15.9 Å². The van der Waals surface area contributed by atoms with Gasteiger partial charge in [0.25, 0.3) is 0 Å². The van der Waals surface area contributed by atoms with Crippen LogP contribution in [0.2, 0.25) is 5.02 Å². The minimum absolute atomic E-state index is 0.135. The lowest BCUT2D eigenvalue weighted by Gasteiger charge is -2.14. The molecule has 0 saturated carbocycles. The summed E-state index contributed by atoms with van der Waals surface area (Å²) in [7, 11) is 2.93. The number of nitrogens with one attached hydrogen (secondary N) is 1. The molecule has 0 unspecified atom stereocenters. The number of hydrogen-bond donors (Lipinski definition) is 1. The second kappa shape index (κ2) is 8.57. The highest BCUT2D eigenvalue weighted by Gasteiger charge is 2.18. The second-order valence-electron chi connectivity index (χ2n) is 5.01. The van der Waals surface area contributed by atoms with Crippen molar-refractivity contribution in [3.05, 3.63) is 64.3 Å². The SMILES string of the molecule is COc1cc(NC=C(C#N)C#N)c(C(=O)c2ccc(Cl)cc2)cc1OC. The van der Waals surface area contributed by atoms with E-state index in [1.807, 2.05) is 0 Å². The van der Waals surface area contributed by atoms with Crippen LogP contribution in [0.5, 0.6) is 11.5 Å². The molecule has 0 bridgehead atoms. The smallest absolute Gasteiger partial charge is 0.195 e. The molecule has 0 aliphatic carbocycles. The molecule has 6 nitrogen and oxygen atoms in total. The number of anilines is 1. The maximum Gasteiger partial charge on any atom is 0.195 e. The number of benzene rings is 2. The van der Waals surface area contributed by atoms with Crippen LogP contribution in [0.3, 0.4) is 0 Å². The molecule has 26 heavy (non-hydrogen) atoms.